The Bertz CT molecular complexity index is 1100. The molecule has 0 spiro atoms. The average Bonchev–Trinajstić information content (AvgIpc) is 3.14. The van der Waals surface area contributed by atoms with Gasteiger partial charge in [-0.2, -0.15) is 0 Å². The summed E-state index contributed by atoms with van der Waals surface area (Å²) >= 11 is 21.1. The molecular weight excluding hydrogens is 507 g/mol. The van der Waals surface area contributed by atoms with Crippen LogP contribution in [0.2, 0.25) is 15.1 Å². The fourth-order valence-electron chi connectivity index (χ4n) is 2.72. The van der Waals surface area contributed by atoms with E-state index < -0.39 is 0 Å². The summed E-state index contributed by atoms with van der Waals surface area (Å²) in [6.07, 6.45) is 1.79. The zero-order valence-corrected chi connectivity index (χ0v) is 21.2. The lowest BCUT2D eigenvalue weighted by atomic mass is 10.2. The van der Waals surface area contributed by atoms with Crippen molar-refractivity contribution in [3.63, 3.8) is 0 Å². The Kier molecular flexibility index (Phi) is 9.37. The third-order valence-electron chi connectivity index (χ3n) is 4.34. The van der Waals surface area contributed by atoms with Crippen molar-refractivity contribution in [1.29, 1.82) is 0 Å². The highest BCUT2D eigenvalue weighted by atomic mass is 35.5. The molecule has 3 aromatic rings. The summed E-state index contributed by atoms with van der Waals surface area (Å²) in [5, 5.41) is 13.0. The van der Waals surface area contributed by atoms with Crippen molar-refractivity contribution >= 4 is 69.9 Å². The third kappa shape index (κ3) is 6.93. The van der Waals surface area contributed by atoms with Gasteiger partial charge in [0, 0.05) is 12.3 Å². The smallest absolute Gasteiger partial charge is 0.234 e. The number of allylic oxidation sites excluding steroid dienone is 1. The van der Waals surface area contributed by atoms with Crippen molar-refractivity contribution in [3.8, 4) is 0 Å². The minimum absolute atomic E-state index is 0.141. The maximum atomic E-state index is 12.4. The Morgan fingerprint density at radius 3 is 2.53 bits per heavy atom. The molecule has 32 heavy (non-hydrogen) atoms. The summed E-state index contributed by atoms with van der Waals surface area (Å²) in [4.78, 5) is 12.4. The molecule has 5 nitrogen and oxygen atoms in total. The van der Waals surface area contributed by atoms with Crippen LogP contribution in [0.5, 0.6) is 0 Å². The number of hydrogen-bond acceptors (Lipinski definition) is 5. The van der Waals surface area contributed by atoms with E-state index in [1.165, 1.54) is 35.0 Å². The molecular formula is C22H21Cl3N4OS2. The summed E-state index contributed by atoms with van der Waals surface area (Å²) in [5.74, 6) is 2.34. The Morgan fingerprint density at radius 1 is 1.09 bits per heavy atom. The van der Waals surface area contributed by atoms with Gasteiger partial charge in [-0.3, -0.25) is 4.79 Å². The van der Waals surface area contributed by atoms with Crippen molar-refractivity contribution in [1.82, 2.24) is 14.8 Å². The van der Waals surface area contributed by atoms with Crippen molar-refractivity contribution in [2.75, 3.05) is 11.1 Å². The van der Waals surface area contributed by atoms with Crippen molar-refractivity contribution in [2.45, 2.75) is 30.1 Å². The van der Waals surface area contributed by atoms with Gasteiger partial charge in [0.2, 0.25) is 5.91 Å². The maximum Gasteiger partial charge on any atom is 0.234 e. The van der Waals surface area contributed by atoms with E-state index in [2.05, 4.69) is 53.3 Å². The van der Waals surface area contributed by atoms with Crippen molar-refractivity contribution in [2.24, 2.45) is 0 Å². The molecule has 0 fully saturated rings. The summed E-state index contributed by atoms with van der Waals surface area (Å²) in [6, 6.07) is 11.5. The number of aromatic nitrogens is 3. The molecule has 2 aromatic carbocycles. The van der Waals surface area contributed by atoms with E-state index in [1.54, 1.807) is 17.8 Å². The highest BCUT2D eigenvalue weighted by Crippen LogP contribution is 2.32. The van der Waals surface area contributed by atoms with Crippen LogP contribution in [0, 0.1) is 6.92 Å². The Morgan fingerprint density at radius 2 is 1.81 bits per heavy atom. The number of halogens is 3. The Balaban J connectivity index is 1.58. The van der Waals surface area contributed by atoms with Crippen LogP contribution in [0.3, 0.4) is 0 Å². The van der Waals surface area contributed by atoms with Gasteiger partial charge in [0.15, 0.2) is 5.16 Å². The number of carbonyl (C=O) groups is 1. The number of benzene rings is 2. The number of anilines is 1. The monoisotopic (exact) mass is 526 g/mol. The first-order valence-electron chi connectivity index (χ1n) is 9.61. The largest absolute Gasteiger partial charge is 0.324 e. The number of amides is 1. The average molecular weight is 528 g/mol. The number of rotatable bonds is 10. The second-order valence-corrected chi connectivity index (χ2v) is 10.0. The molecule has 1 amide bonds. The maximum absolute atomic E-state index is 12.4. The number of thioether (sulfide) groups is 2. The molecule has 3 rings (SSSR count). The zero-order valence-electron chi connectivity index (χ0n) is 17.3. The van der Waals surface area contributed by atoms with E-state index >= 15 is 0 Å². The van der Waals surface area contributed by atoms with Crippen LogP contribution in [0.15, 0.2) is 54.2 Å². The predicted molar refractivity (Wildman–Crippen MR) is 137 cm³/mol. The summed E-state index contributed by atoms with van der Waals surface area (Å²) < 4.78 is 1.97. The highest BCUT2D eigenvalue weighted by molar-refractivity contribution is 7.99. The van der Waals surface area contributed by atoms with Crippen LogP contribution in [0.1, 0.15) is 17.0 Å². The molecule has 1 heterocycles. The van der Waals surface area contributed by atoms with Crippen LogP contribution in [0.4, 0.5) is 5.69 Å². The predicted octanol–water partition coefficient (Wildman–Crippen LogP) is 6.90. The lowest BCUT2D eigenvalue weighted by Gasteiger charge is -2.10. The second-order valence-electron chi connectivity index (χ2n) is 6.86. The van der Waals surface area contributed by atoms with Gasteiger partial charge < -0.3 is 9.88 Å². The van der Waals surface area contributed by atoms with Crippen LogP contribution >= 0.6 is 58.3 Å². The fourth-order valence-corrected chi connectivity index (χ4v) is 5.01. The number of hydrogen-bond donors (Lipinski definition) is 1. The third-order valence-corrected chi connectivity index (χ3v) is 7.34. The van der Waals surface area contributed by atoms with Crippen LogP contribution in [0.25, 0.3) is 0 Å². The first-order chi connectivity index (χ1) is 15.4. The molecule has 0 atom stereocenters. The number of nitrogens with one attached hydrogen (secondary N) is 1. The molecule has 0 saturated carbocycles. The van der Waals surface area contributed by atoms with Gasteiger partial charge in [-0.05, 0) is 24.6 Å². The summed E-state index contributed by atoms with van der Waals surface area (Å²) in [7, 11) is 0. The molecule has 0 radical (unpaired) electrons. The summed E-state index contributed by atoms with van der Waals surface area (Å²) in [6.45, 7) is 6.46. The van der Waals surface area contributed by atoms with Crippen LogP contribution < -0.4 is 5.32 Å². The van der Waals surface area contributed by atoms with Gasteiger partial charge in [-0.1, -0.05) is 82.5 Å². The first kappa shape index (κ1) is 25.0. The lowest BCUT2D eigenvalue weighted by Crippen LogP contribution is -2.15. The van der Waals surface area contributed by atoms with Gasteiger partial charge in [0.25, 0.3) is 0 Å². The van der Waals surface area contributed by atoms with Gasteiger partial charge in [-0.25, -0.2) is 0 Å². The quantitative estimate of drug-likeness (QED) is 0.177. The van der Waals surface area contributed by atoms with Crippen molar-refractivity contribution < 1.29 is 4.79 Å². The van der Waals surface area contributed by atoms with Gasteiger partial charge in [-0.15, -0.1) is 28.5 Å². The first-order valence-corrected chi connectivity index (χ1v) is 12.9. The Labute approximate surface area is 210 Å². The molecule has 10 heteroatoms. The van der Waals surface area contributed by atoms with E-state index in [9.17, 15) is 4.79 Å². The number of aryl methyl sites for hydroxylation is 1. The SMILES string of the molecule is C=CCn1c(CSCc2ccc(C)cc2)nnc1SCC(=O)Nc1cc(Cl)c(Cl)cc1Cl. The molecule has 0 bridgehead atoms. The standard InChI is InChI=1S/C22H21Cl3N4OS2/c1-3-8-29-20(12-31-11-15-6-4-14(2)5-7-15)27-28-22(29)32-13-21(30)26-19-10-17(24)16(23)9-18(19)25/h3-7,9-10H,1,8,11-13H2,2H3,(H,26,30). The van der Waals surface area contributed by atoms with Crippen LogP contribution in [-0.2, 0) is 22.8 Å². The van der Waals surface area contributed by atoms with E-state index in [0.29, 0.717) is 38.2 Å². The minimum atomic E-state index is -0.237. The molecule has 0 aliphatic rings. The molecule has 168 valence electrons. The fraction of sp³-hybridized carbons (Fsp3) is 0.227. The normalized spacial score (nSPS) is 10.9. The van der Waals surface area contributed by atoms with Crippen LogP contribution in [-0.4, -0.2) is 26.4 Å². The molecule has 0 aliphatic heterocycles. The topological polar surface area (TPSA) is 59.8 Å². The van der Waals surface area contributed by atoms with E-state index in [0.717, 1.165) is 11.6 Å². The number of nitrogens with zero attached hydrogens (tertiary/aromatic N) is 3. The highest BCUT2D eigenvalue weighted by Gasteiger charge is 2.15. The van der Waals surface area contributed by atoms with E-state index in [-0.39, 0.29) is 11.7 Å². The van der Waals surface area contributed by atoms with Gasteiger partial charge >= 0.3 is 0 Å². The second kappa shape index (κ2) is 12.0. The van der Waals surface area contributed by atoms with E-state index in [4.69, 9.17) is 34.8 Å². The Hall–Kier alpha value is -1.64. The molecule has 1 N–H and O–H groups in total. The molecule has 1 aromatic heterocycles. The number of carbonyl (C=O) groups excluding carboxylic acids is 1. The molecule has 0 aliphatic carbocycles. The minimum Gasteiger partial charge on any atom is -0.324 e. The lowest BCUT2D eigenvalue weighted by molar-refractivity contribution is -0.113. The zero-order chi connectivity index (χ0) is 23.1. The van der Waals surface area contributed by atoms with Gasteiger partial charge in [0.1, 0.15) is 5.82 Å². The van der Waals surface area contributed by atoms with E-state index in [1.807, 2.05) is 4.57 Å². The summed E-state index contributed by atoms with van der Waals surface area (Å²) in [5.41, 5.74) is 2.92. The molecule has 0 saturated heterocycles. The van der Waals surface area contributed by atoms with Gasteiger partial charge in [0.05, 0.1) is 32.3 Å². The van der Waals surface area contributed by atoms with Crippen molar-refractivity contribution in [3.05, 3.63) is 81.1 Å². The molecule has 0 unspecified atom stereocenters.